The third-order valence-electron chi connectivity index (χ3n) is 3.21. The van der Waals surface area contributed by atoms with Crippen molar-refractivity contribution >= 4 is 17.4 Å². The molecule has 0 spiro atoms. The second-order valence-corrected chi connectivity index (χ2v) is 5.40. The Labute approximate surface area is 130 Å². The number of nitrogens with zero attached hydrogens (tertiary/aromatic N) is 1. The van der Waals surface area contributed by atoms with Crippen LogP contribution >= 0.6 is 0 Å². The number of nitrogens with two attached hydrogens (primary N) is 1. The summed E-state index contributed by atoms with van der Waals surface area (Å²) in [6.07, 6.45) is 2.93. The van der Waals surface area contributed by atoms with Gasteiger partial charge in [-0.3, -0.25) is 9.59 Å². The lowest BCUT2D eigenvalue weighted by Gasteiger charge is -2.13. The van der Waals surface area contributed by atoms with Crippen molar-refractivity contribution in [2.24, 2.45) is 11.7 Å². The number of carbonyl (C=O) groups excluding carboxylic acids is 2. The van der Waals surface area contributed by atoms with Gasteiger partial charge in [-0.25, -0.2) is 0 Å². The summed E-state index contributed by atoms with van der Waals surface area (Å²) in [6.45, 7) is 3.46. The van der Waals surface area contributed by atoms with Crippen LogP contribution in [-0.4, -0.2) is 30.9 Å². The maximum Gasteiger partial charge on any atom is 0.283 e. The molecule has 1 aromatic rings. The van der Waals surface area contributed by atoms with Gasteiger partial charge in [-0.15, -0.1) is 0 Å². The van der Waals surface area contributed by atoms with Crippen molar-refractivity contribution in [1.29, 1.82) is 0 Å². The van der Waals surface area contributed by atoms with Crippen LogP contribution < -0.4 is 10.6 Å². The van der Waals surface area contributed by atoms with Crippen LogP contribution in [0.1, 0.15) is 24.2 Å². The summed E-state index contributed by atoms with van der Waals surface area (Å²) >= 11 is 0. The van der Waals surface area contributed by atoms with E-state index < -0.39 is 11.7 Å². The molecule has 118 valence electrons. The molecule has 0 heterocycles. The summed E-state index contributed by atoms with van der Waals surface area (Å²) in [6, 6.07) is 7.34. The average Bonchev–Trinajstić information content (AvgIpc) is 2.46. The lowest BCUT2D eigenvalue weighted by Crippen LogP contribution is -2.14. The molecule has 0 bridgehead atoms. The molecule has 0 saturated carbocycles. The molecular formula is C17H22N2O3. The van der Waals surface area contributed by atoms with Gasteiger partial charge in [-0.2, -0.15) is 0 Å². The highest BCUT2D eigenvalue weighted by Crippen LogP contribution is 2.17. The SMILES string of the molecule is CC(=CC(C)C(=O)c1ccc(N(C)C)cc1)C=C(O)C(N)=O. The number of hydrogen-bond acceptors (Lipinski definition) is 4. The van der Waals surface area contributed by atoms with Gasteiger partial charge >= 0.3 is 0 Å². The Morgan fingerprint density at radius 2 is 1.77 bits per heavy atom. The van der Waals surface area contributed by atoms with Crippen LogP contribution in [0.15, 0.2) is 47.7 Å². The molecule has 0 aromatic heterocycles. The lowest BCUT2D eigenvalue weighted by molar-refractivity contribution is -0.116. The van der Waals surface area contributed by atoms with E-state index >= 15 is 0 Å². The van der Waals surface area contributed by atoms with E-state index in [0.717, 1.165) is 5.69 Å². The first-order valence-corrected chi connectivity index (χ1v) is 6.93. The molecule has 1 unspecified atom stereocenters. The van der Waals surface area contributed by atoms with E-state index in [-0.39, 0.29) is 11.7 Å². The molecule has 1 atom stereocenters. The third-order valence-corrected chi connectivity index (χ3v) is 3.21. The highest BCUT2D eigenvalue weighted by atomic mass is 16.3. The van der Waals surface area contributed by atoms with Crippen molar-refractivity contribution in [3.05, 3.63) is 53.3 Å². The van der Waals surface area contributed by atoms with Gasteiger partial charge in [0.15, 0.2) is 11.5 Å². The highest BCUT2D eigenvalue weighted by molar-refractivity contribution is 5.99. The Bertz CT molecular complexity index is 613. The number of allylic oxidation sites excluding steroid dienone is 3. The molecule has 1 rings (SSSR count). The standard InChI is InChI=1S/C17H22N2O3/c1-11(10-15(20)17(18)22)9-12(2)16(21)13-5-7-14(8-6-13)19(3)4/h5-10,12,20H,1-4H3,(H2,18,22). The van der Waals surface area contributed by atoms with Gasteiger partial charge in [-0.1, -0.05) is 18.6 Å². The number of hydrogen-bond donors (Lipinski definition) is 2. The molecule has 0 fully saturated rings. The molecule has 0 aliphatic carbocycles. The smallest absolute Gasteiger partial charge is 0.283 e. The van der Waals surface area contributed by atoms with Gasteiger partial charge in [-0.05, 0) is 37.3 Å². The van der Waals surface area contributed by atoms with E-state index in [1.54, 1.807) is 32.1 Å². The van der Waals surface area contributed by atoms with Crippen molar-refractivity contribution in [3.63, 3.8) is 0 Å². The number of benzene rings is 1. The number of anilines is 1. The van der Waals surface area contributed by atoms with Crippen molar-refractivity contribution in [3.8, 4) is 0 Å². The topological polar surface area (TPSA) is 83.6 Å². The fraction of sp³-hybridized carbons (Fsp3) is 0.294. The number of rotatable bonds is 6. The Balaban J connectivity index is 2.88. The monoisotopic (exact) mass is 302 g/mol. The fourth-order valence-corrected chi connectivity index (χ4v) is 1.99. The van der Waals surface area contributed by atoms with E-state index in [0.29, 0.717) is 11.1 Å². The van der Waals surface area contributed by atoms with Crippen LogP contribution in [0.3, 0.4) is 0 Å². The van der Waals surface area contributed by atoms with E-state index in [2.05, 4.69) is 0 Å². The molecule has 3 N–H and O–H groups in total. The van der Waals surface area contributed by atoms with Gasteiger partial charge in [0.1, 0.15) is 0 Å². The minimum absolute atomic E-state index is 0.0309. The maximum atomic E-state index is 12.3. The summed E-state index contributed by atoms with van der Waals surface area (Å²) in [7, 11) is 3.87. The molecule has 1 amide bonds. The Morgan fingerprint density at radius 1 is 1.23 bits per heavy atom. The predicted molar refractivity (Wildman–Crippen MR) is 87.9 cm³/mol. The number of Topliss-reactive ketones (excluding diaryl/α,β-unsaturated/α-hetero) is 1. The average molecular weight is 302 g/mol. The number of amides is 1. The molecule has 0 aliphatic heterocycles. The molecule has 5 nitrogen and oxygen atoms in total. The number of ketones is 1. The molecule has 0 saturated heterocycles. The zero-order valence-electron chi connectivity index (χ0n) is 13.3. The summed E-state index contributed by atoms with van der Waals surface area (Å²) in [5.74, 6) is -1.83. The number of primary amides is 1. The van der Waals surface area contributed by atoms with E-state index in [9.17, 15) is 14.7 Å². The van der Waals surface area contributed by atoms with Crippen molar-refractivity contribution in [1.82, 2.24) is 0 Å². The molecule has 5 heteroatoms. The van der Waals surface area contributed by atoms with Gasteiger partial charge in [0.05, 0.1) is 0 Å². The van der Waals surface area contributed by atoms with Gasteiger partial charge in [0.2, 0.25) is 0 Å². The second kappa shape index (κ2) is 7.45. The summed E-state index contributed by atoms with van der Waals surface area (Å²) in [4.78, 5) is 25.1. The van der Waals surface area contributed by atoms with Crippen molar-refractivity contribution in [2.45, 2.75) is 13.8 Å². The van der Waals surface area contributed by atoms with Crippen LogP contribution in [0.25, 0.3) is 0 Å². The van der Waals surface area contributed by atoms with Gasteiger partial charge in [0, 0.05) is 31.3 Å². The van der Waals surface area contributed by atoms with Crippen LogP contribution in [-0.2, 0) is 4.79 Å². The third kappa shape index (κ3) is 4.77. The first kappa shape index (κ1) is 17.5. The van der Waals surface area contributed by atoms with E-state index in [4.69, 9.17) is 5.73 Å². The Morgan fingerprint density at radius 3 is 2.23 bits per heavy atom. The second-order valence-electron chi connectivity index (χ2n) is 5.40. The summed E-state index contributed by atoms with van der Waals surface area (Å²) in [5, 5.41) is 9.30. The zero-order valence-corrected chi connectivity index (χ0v) is 13.3. The first-order valence-electron chi connectivity index (χ1n) is 6.93. The zero-order chi connectivity index (χ0) is 16.9. The van der Waals surface area contributed by atoms with Crippen LogP contribution in [0.4, 0.5) is 5.69 Å². The largest absolute Gasteiger partial charge is 0.503 e. The molecule has 1 aromatic carbocycles. The van der Waals surface area contributed by atoms with E-state index in [1.165, 1.54) is 6.08 Å². The van der Waals surface area contributed by atoms with Crippen LogP contribution in [0.5, 0.6) is 0 Å². The molecule has 0 radical (unpaired) electrons. The maximum absolute atomic E-state index is 12.3. The van der Waals surface area contributed by atoms with Gasteiger partial charge in [0.25, 0.3) is 5.91 Å². The molecular weight excluding hydrogens is 280 g/mol. The normalized spacial score (nSPS) is 13.6. The predicted octanol–water partition coefficient (Wildman–Crippen LogP) is 2.44. The summed E-state index contributed by atoms with van der Waals surface area (Å²) in [5.41, 5.74) is 7.18. The Kier molecular flexibility index (Phi) is 5.92. The summed E-state index contributed by atoms with van der Waals surface area (Å²) < 4.78 is 0. The quantitative estimate of drug-likeness (QED) is 0.366. The minimum atomic E-state index is -0.897. The first-order chi connectivity index (χ1) is 10.2. The highest BCUT2D eigenvalue weighted by Gasteiger charge is 2.13. The number of aliphatic hydroxyl groups excluding tert-OH is 1. The lowest BCUT2D eigenvalue weighted by atomic mass is 9.97. The Hall–Kier alpha value is -2.56. The minimum Gasteiger partial charge on any atom is -0.503 e. The number of carbonyl (C=O) groups is 2. The van der Waals surface area contributed by atoms with E-state index in [1.807, 2.05) is 31.1 Å². The van der Waals surface area contributed by atoms with Crippen LogP contribution in [0.2, 0.25) is 0 Å². The van der Waals surface area contributed by atoms with Crippen molar-refractivity contribution in [2.75, 3.05) is 19.0 Å². The fourth-order valence-electron chi connectivity index (χ4n) is 1.99. The van der Waals surface area contributed by atoms with Gasteiger partial charge < -0.3 is 15.7 Å². The van der Waals surface area contributed by atoms with Crippen molar-refractivity contribution < 1.29 is 14.7 Å². The molecule has 0 aliphatic rings. The van der Waals surface area contributed by atoms with Crippen LogP contribution in [0, 0.1) is 5.92 Å². The number of aliphatic hydroxyl groups is 1. The molecule has 22 heavy (non-hydrogen) atoms.